The molecule has 1 unspecified atom stereocenters. The van der Waals surface area contributed by atoms with Crippen molar-refractivity contribution in [3.8, 4) is 17.7 Å². The predicted molar refractivity (Wildman–Crippen MR) is 82.2 cm³/mol. The summed E-state index contributed by atoms with van der Waals surface area (Å²) < 4.78 is 5.65. The SMILES string of the molecule is CCCNC(C)c1ccc(Oc2cccc(C#N)c2)nc1. The first-order valence-corrected chi connectivity index (χ1v) is 7.10. The van der Waals surface area contributed by atoms with Gasteiger partial charge in [0, 0.05) is 18.3 Å². The van der Waals surface area contributed by atoms with Crippen molar-refractivity contribution in [2.24, 2.45) is 0 Å². The quantitative estimate of drug-likeness (QED) is 0.874. The highest BCUT2D eigenvalue weighted by Gasteiger charge is 2.06. The maximum absolute atomic E-state index is 8.87. The van der Waals surface area contributed by atoms with Crippen molar-refractivity contribution in [1.29, 1.82) is 5.26 Å². The topological polar surface area (TPSA) is 57.9 Å². The van der Waals surface area contributed by atoms with Gasteiger partial charge in [-0.2, -0.15) is 5.26 Å². The van der Waals surface area contributed by atoms with E-state index in [1.807, 2.05) is 24.4 Å². The summed E-state index contributed by atoms with van der Waals surface area (Å²) in [5.41, 5.74) is 1.70. The van der Waals surface area contributed by atoms with E-state index in [9.17, 15) is 0 Å². The molecule has 0 aliphatic heterocycles. The van der Waals surface area contributed by atoms with Crippen LogP contribution in [-0.4, -0.2) is 11.5 Å². The third-order valence-electron chi connectivity index (χ3n) is 3.15. The second-order valence-electron chi connectivity index (χ2n) is 4.85. The van der Waals surface area contributed by atoms with Crippen molar-refractivity contribution in [2.75, 3.05) is 6.54 Å². The highest BCUT2D eigenvalue weighted by molar-refractivity contribution is 5.38. The monoisotopic (exact) mass is 281 g/mol. The van der Waals surface area contributed by atoms with E-state index in [1.165, 1.54) is 0 Å². The fraction of sp³-hybridized carbons (Fsp3) is 0.294. The molecule has 1 N–H and O–H groups in total. The molecular formula is C17H19N3O. The Morgan fingerprint density at radius 2 is 2.19 bits per heavy atom. The number of rotatable bonds is 6. The zero-order valence-corrected chi connectivity index (χ0v) is 12.3. The molecule has 0 spiro atoms. The molecule has 2 aromatic rings. The summed E-state index contributed by atoms with van der Waals surface area (Å²) in [7, 11) is 0. The molecule has 108 valence electrons. The highest BCUT2D eigenvalue weighted by Crippen LogP contribution is 2.21. The van der Waals surface area contributed by atoms with E-state index in [1.54, 1.807) is 18.2 Å². The minimum atomic E-state index is 0.272. The number of pyridine rings is 1. The molecule has 0 aliphatic rings. The van der Waals surface area contributed by atoms with Crippen molar-refractivity contribution < 1.29 is 4.74 Å². The Hall–Kier alpha value is -2.38. The summed E-state index contributed by atoms with van der Waals surface area (Å²) >= 11 is 0. The van der Waals surface area contributed by atoms with Crippen LogP contribution in [0.15, 0.2) is 42.6 Å². The molecule has 0 saturated heterocycles. The maximum Gasteiger partial charge on any atom is 0.219 e. The van der Waals surface area contributed by atoms with E-state index in [0.717, 1.165) is 18.5 Å². The van der Waals surface area contributed by atoms with E-state index >= 15 is 0 Å². The van der Waals surface area contributed by atoms with Crippen LogP contribution >= 0.6 is 0 Å². The Morgan fingerprint density at radius 1 is 1.33 bits per heavy atom. The number of aromatic nitrogens is 1. The lowest BCUT2D eigenvalue weighted by atomic mass is 10.1. The predicted octanol–water partition coefficient (Wildman–Crippen LogP) is 3.81. The Morgan fingerprint density at radius 3 is 2.86 bits per heavy atom. The number of nitrogens with one attached hydrogen (secondary N) is 1. The van der Waals surface area contributed by atoms with Gasteiger partial charge < -0.3 is 10.1 Å². The molecule has 4 nitrogen and oxygen atoms in total. The van der Waals surface area contributed by atoms with Crippen molar-refractivity contribution in [3.05, 3.63) is 53.7 Å². The van der Waals surface area contributed by atoms with Gasteiger partial charge in [-0.25, -0.2) is 4.98 Å². The van der Waals surface area contributed by atoms with Crippen LogP contribution in [0.5, 0.6) is 11.6 Å². The zero-order valence-electron chi connectivity index (χ0n) is 12.3. The number of benzene rings is 1. The minimum Gasteiger partial charge on any atom is -0.439 e. The van der Waals surface area contributed by atoms with Gasteiger partial charge >= 0.3 is 0 Å². The third kappa shape index (κ3) is 4.30. The summed E-state index contributed by atoms with van der Waals surface area (Å²) in [4.78, 5) is 4.31. The van der Waals surface area contributed by atoms with Crippen molar-refractivity contribution in [2.45, 2.75) is 26.3 Å². The van der Waals surface area contributed by atoms with Crippen molar-refractivity contribution in [1.82, 2.24) is 10.3 Å². The third-order valence-corrected chi connectivity index (χ3v) is 3.15. The van der Waals surface area contributed by atoms with Crippen LogP contribution in [0.25, 0.3) is 0 Å². The molecule has 1 aromatic carbocycles. The van der Waals surface area contributed by atoms with Crippen LogP contribution in [0.4, 0.5) is 0 Å². The average molecular weight is 281 g/mol. The minimum absolute atomic E-state index is 0.272. The molecule has 4 heteroatoms. The van der Waals surface area contributed by atoms with E-state index in [2.05, 4.69) is 30.2 Å². The summed E-state index contributed by atoms with van der Waals surface area (Å²) in [6.07, 6.45) is 2.92. The summed E-state index contributed by atoms with van der Waals surface area (Å²) in [5.74, 6) is 1.14. The molecule has 1 atom stereocenters. The van der Waals surface area contributed by atoms with Crippen LogP contribution in [0.1, 0.15) is 37.4 Å². The van der Waals surface area contributed by atoms with Gasteiger partial charge in [-0.3, -0.25) is 0 Å². The molecule has 0 radical (unpaired) electrons. The van der Waals surface area contributed by atoms with Gasteiger partial charge in [0.1, 0.15) is 5.75 Å². The fourth-order valence-electron chi connectivity index (χ4n) is 1.94. The van der Waals surface area contributed by atoms with Crippen LogP contribution in [0, 0.1) is 11.3 Å². The molecule has 1 heterocycles. The molecule has 0 saturated carbocycles. The van der Waals surface area contributed by atoms with Crippen molar-refractivity contribution >= 4 is 0 Å². The van der Waals surface area contributed by atoms with Gasteiger partial charge in [-0.1, -0.05) is 19.1 Å². The normalized spacial score (nSPS) is 11.7. The average Bonchev–Trinajstić information content (AvgIpc) is 2.53. The fourth-order valence-corrected chi connectivity index (χ4v) is 1.94. The molecule has 0 aliphatic carbocycles. The Bertz CT molecular complexity index is 617. The lowest BCUT2D eigenvalue weighted by Crippen LogP contribution is -2.19. The second-order valence-corrected chi connectivity index (χ2v) is 4.85. The number of nitrogens with zero attached hydrogens (tertiary/aromatic N) is 2. The molecule has 0 fully saturated rings. The highest BCUT2D eigenvalue weighted by atomic mass is 16.5. The van der Waals surface area contributed by atoms with E-state index in [4.69, 9.17) is 10.00 Å². The van der Waals surface area contributed by atoms with Crippen LogP contribution < -0.4 is 10.1 Å². The molecule has 21 heavy (non-hydrogen) atoms. The maximum atomic E-state index is 8.87. The largest absolute Gasteiger partial charge is 0.439 e. The van der Waals surface area contributed by atoms with Gasteiger partial charge in [-0.15, -0.1) is 0 Å². The van der Waals surface area contributed by atoms with Crippen LogP contribution in [-0.2, 0) is 0 Å². The molecule has 2 rings (SSSR count). The lowest BCUT2D eigenvalue weighted by molar-refractivity contribution is 0.461. The first kappa shape index (κ1) is 15.0. The van der Waals surface area contributed by atoms with E-state index < -0.39 is 0 Å². The van der Waals surface area contributed by atoms with E-state index in [-0.39, 0.29) is 6.04 Å². The summed E-state index contributed by atoms with van der Waals surface area (Å²) in [5, 5.41) is 12.3. The first-order valence-electron chi connectivity index (χ1n) is 7.10. The lowest BCUT2D eigenvalue weighted by Gasteiger charge is -2.13. The number of hydrogen-bond donors (Lipinski definition) is 1. The van der Waals surface area contributed by atoms with E-state index in [0.29, 0.717) is 17.2 Å². The smallest absolute Gasteiger partial charge is 0.219 e. The Balaban J connectivity index is 2.03. The standard InChI is InChI=1S/C17H19N3O/c1-3-9-19-13(2)15-7-8-17(20-12-15)21-16-6-4-5-14(10-16)11-18/h4-8,10,12-13,19H,3,9H2,1-2H3. The van der Waals surface area contributed by atoms with Crippen LogP contribution in [0.2, 0.25) is 0 Å². The summed E-state index contributed by atoms with van der Waals surface area (Å²) in [6, 6.07) is 13.2. The molecule has 1 aromatic heterocycles. The molecular weight excluding hydrogens is 262 g/mol. The molecule has 0 amide bonds. The number of hydrogen-bond acceptors (Lipinski definition) is 4. The second kappa shape index (κ2) is 7.41. The van der Waals surface area contributed by atoms with Crippen LogP contribution in [0.3, 0.4) is 0 Å². The Kier molecular flexibility index (Phi) is 5.30. The Labute approximate surface area is 125 Å². The van der Waals surface area contributed by atoms with Crippen molar-refractivity contribution in [3.63, 3.8) is 0 Å². The number of ether oxygens (including phenoxy) is 1. The van der Waals surface area contributed by atoms with Gasteiger partial charge in [-0.05, 0) is 43.7 Å². The summed E-state index contributed by atoms with van der Waals surface area (Å²) in [6.45, 7) is 5.24. The number of nitriles is 1. The van der Waals surface area contributed by atoms with Gasteiger partial charge in [0.05, 0.1) is 11.6 Å². The van der Waals surface area contributed by atoms with Gasteiger partial charge in [0.2, 0.25) is 5.88 Å². The van der Waals surface area contributed by atoms with Gasteiger partial charge in [0.25, 0.3) is 0 Å². The first-order chi connectivity index (χ1) is 10.2. The van der Waals surface area contributed by atoms with Gasteiger partial charge in [0.15, 0.2) is 0 Å². The zero-order chi connectivity index (χ0) is 15.1. The molecule has 0 bridgehead atoms.